The summed E-state index contributed by atoms with van der Waals surface area (Å²) in [4.78, 5) is 31.8. The van der Waals surface area contributed by atoms with E-state index in [9.17, 15) is 9.59 Å². The summed E-state index contributed by atoms with van der Waals surface area (Å²) >= 11 is 1.61. The fourth-order valence-corrected chi connectivity index (χ4v) is 4.88. The van der Waals surface area contributed by atoms with Crippen molar-refractivity contribution in [3.05, 3.63) is 59.7 Å². The zero-order valence-electron chi connectivity index (χ0n) is 19.0. The van der Waals surface area contributed by atoms with Gasteiger partial charge in [0, 0.05) is 24.7 Å². The second kappa shape index (κ2) is 9.94. The summed E-state index contributed by atoms with van der Waals surface area (Å²) in [5.74, 6) is -1.21. The van der Waals surface area contributed by atoms with Crippen molar-refractivity contribution in [1.29, 1.82) is 0 Å². The molecule has 33 heavy (non-hydrogen) atoms. The monoisotopic (exact) mass is 467 g/mol. The van der Waals surface area contributed by atoms with Gasteiger partial charge in [-0.25, -0.2) is 10.5 Å². The van der Waals surface area contributed by atoms with Crippen LogP contribution in [0.25, 0.3) is 11.0 Å². The van der Waals surface area contributed by atoms with Gasteiger partial charge in [0.1, 0.15) is 0 Å². The first-order chi connectivity index (χ1) is 15.9. The number of fused-ring (bicyclic) bond motifs is 1. The Balaban J connectivity index is 1.47. The first-order valence-electron chi connectivity index (χ1n) is 11.0. The van der Waals surface area contributed by atoms with Crippen LogP contribution in [0.2, 0.25) is 0 Å². The maximum Gasteiger partial charge on any atom is 0.251 e. The van der Waals surface area contributed by atoms with E-state index in [0.717, 1.165) is 21.8 Å². The number of hydrogen-bond donors (Lipinski definition) is 3. The standard InChI is InChI=1S/C24H29N5O3S/c1-15(2)28-13-18(23(31)27-32)20(14-28)25-22(30)17-10-8-16(9-11-17)12-29-21-7-5-4-6-19(21)26-24(29)33-3/h4-11,15,18,20,32H,12-14H2,1-3H3,(H,25,30)(H,27,31)/t18-,20+/m0/s1. The van der Waals surface area contributed by atoms with Gasteiger partial charge >= 0.3 is 0 Å². The highest BCUT2D eigenvalue weighted by Gasteiger charge is 2.39. The first kappa shape index (κ1) is 23.3. The van der Waals surface area contributed by atoms with Crippen molar-refractivity contribution < 1.29 is 14.8 Å². The molecule has 0 spiro atoms. The number of rotatable bonds is 7. The van der Waals surface area contributed by atoms with Gasteiger partial charge in [-0.1, -0.05) is 36.0 Å². The molecular weight excluding hydrogens is 438 g/mol. The Hall–Kier alpha value is -2.88. The minimum atomic E-state index is -0.500. The number of hydroxylamine groups is 1. The van der Waals surface area contributed by atoms with E-state index in [1.807, 2.05) is 50.4 Å². The van der Waals surface area contributed by atoms with E-state index in [1.54, 1.807) is 29.4 Å². The number of aromatic nitrogens is 2. The Bertz CT molecular complexity index is 1140. The summed E-state index contributed by atoms with van der Waals surface area (Å²) in [6, 6.07) is 15.4. The van der Waals surface area contributed by atoms with Crippen LogP contribution in [-0.4, -0.2) is 62.9 Å². The van der Waals surface area contributed by atoms with Gasteiger partial charge in [-0.15, -0.1) is 0 Å². The molecule has 1 aliphatic heterocycles. The number of para-hydroxylation sites is 2. The van der Waals surface area contributed by atoms with Gasteiger partial charge < -0.3 is 9.88 Å². The van der Waals surface area contributed by atoms with Gasteiger partial charge in [0.2, 0.25) is 5.91 Å². The zero-order chi connectivity index (χ0) is 23.5. The summed E-state index contributed by atoms with van der Waals surface area (Å²) in [7, 11) is 0. The largest absolute Gasteiger partial charge is 0.347 e. The summed E-state index contributed by atoms with van der Waals surface area (Å²) in [5.41, 5.74) is 5.37. The third kappa shape index (κ3) is 4.90. The molecule has 0 radical (unpaired) electrons. The molecule has 174 valence electrons. The fraction of sp³-hybridized carbons (Fsp3) is 0.375. The number of carbonyl (C=O) groups is 2. The van der Waals surface area contributed by atoms with E-state index < -0.39 is 11.8 Å². The Kier molecular flexibility index (Phi) is 7.02. The van der Waals surface area contributed by atoms with Crippen LogP contribution in [0, 0.1) is 5.92 Å². The summed E-state index contributed by atoms with van der Waals surface area (Å²) < 4.78 is 2.17. The number of nitrogens with one attached hydrogen (secondary N) is 2. The predicted octanol–water partition coefficient (Wildman–Crippen LogP) is 2.75. The van der Waals surface area contributed by atoms with Crippen molar-refractivity contribution in [2.75, 3.05) is 19.3 Å². The molecule has 1 saturated heterocycles. The van der Waals surface area contributed by atoms with Gasteiger partial charge in [-0.3, -0.25) is 19.7 Å². The summed E-state index contributed by atoms with van der Waals surface area (Å²) in [6.45, 7) is 5.80. The Labute approximate surface area is 197 Å². The lowest BCUT2D eigenvalue weighted by Gasteiger charge is -2.20. The van der Waals surface area contributed by atoms with Gasteiger partial charge in [-0.2, -0.15) is 0 Å². The molecule has 2 aromatic carbocycles. The average molecular weight is 468 g/mol. The molecule has 0 unspecified atom stereocenters. The van der Waals surface area contributed by atoms with Crippen LogP contribution < -0.4 is 10.8 Å². The number of hydrogen-bond acceptors (Lipinski definition) is 6. The first-order valence-corrected chi connectivity index (χ1v) is 12.2. The van der Waals surface area contributed by atoms with Crippen LogP contribution in [0.5, 0.6) is 0 Å². The van der Waals surface area contributed by atoms with Crippen LogP contribution in [0.15, 0.2) is 53.7 Å². The molecule has 4 rings (SSSR count). The van der Waals surface area contributed by atoms with Crippen LogP contribution in [0.3, 0.4) is 0 Å². The molecule has 8 nitrogen and oxygen atoms in total. The van der Waals surface area contributed by atoms with Crippen LogP contribution in [-0.2, 0) is 11.3 Å². The Morgan fingerprint density at radius 2 is 1.88 bits per heavy atom. The van der Waals surface area contributed by atoms with Crippen molar-refractivity contribution in [3.8, 4) is 0 Å². The van der Waals surface area contributed by atoms with Gasteiger partial charge in [-0.05, 0) is 49.9 Å². The Morgan fingerprint density at radius 3 is 2.55 bits per heavy atom. The molecule has 0 saturated carbocycles. The minimum Gasteiger partial charge on any atom is -0.347 e. The molecule has 3 aromatic rings. The number of likely N-dealkylation sites (tertiary alicyclic amines) is 1. The topological polar surface area (TPSA) is 99.5 Å². The number of amides is 2. The van der Waals surface area contributed by atoms with Gasteiger partial charge in [0.25, 0.3) is 5.91 Å². The normalized spacial score (nSPS) is 18.7. The molecule has 2 atom stereocenters. The minimum absolute atomic E-state index is 0.231. The maximum absolute atomic E-state index is 12.9. The zero-order valence-corrected chi connectivity index (χ0v) is 19.8. The molecular formula is C24H29N5O3S. The Morgan fingerprint density at radius 1 is 1.15 bits per heavy atom. The fourth-order valence-electron chi connectivity index (χ4n) is 4.31. The summed E-state index contributed by atoms with van der Waals surface area (Å²) in [6.07, 6.45) is 2.01. The predicted molar refractivity (Wildman–Crippen MR) is 128 cm³/mol. The highest BCUT2D eigenvalue weighted by Crippen LogP contribution is 2.24. The van der Waals surface area contributed by atoms with E-state index in [4.69, 9.17) is 5.21 Å². The van der Waals surface area contributed by atoms with E-state index in [-0.39, 0.29) is 18.0 Å². The van der Waals surface area contributed by atoms with Crippen molar-refractivity contribution >= 4 is 34.6 Å². The van der Waals surface area contributed by atoms with Crippen LogP contribution >= 0.6 is 11.8 Å². The molecule has 2 amide bonds. The lowest BCUT2D eigenvalue weighted by molar-refractivity contribution is -0.133. The lowest BCUT2D eigenvalue weighted by atomic mass is 10.0. The maximum atomic E-state index is 12.9. The quantitative estimate of drug-likeness (QED) is 0.281. The number of nitrogens with zero attached hydrogens (tertiary/aromatic N) is 3. The van der Waals surface area contributed by atoms with E-state index in [0.29, 0.717) is 25.2 Å². The average Bonchev–Trinajstić information content (AvgIpc) is 3.41. The van der Waals surface area contributed by atoms with Crippen molar-refractivity contribution in [2.45, 2.75) is 37.6 Å². The van der Waals surface area contributed by atoms with E-state index in [1.165, 1.54) is 0 Å². The highest BCUT2D eigenvalue weighted by atomic mass is 32.2. The number of imidazole rings is 1. The molecule has 0 bridgehead atoms. The molecule has 1 fully saturated rings. The smallest absolute Gasteiger partial charge is 0.251 e. The van der Waals surface area contributed by atoms with Crippen LogP contribution in [0.4, 0.5) is 0 Å². The lowest BCUT2D eigenvalue weighted by Crippen LogP contribution is -2.45. The molecule has 0 aliphatic carbocycles. The van der Waals surface area contributed by atoms with Crippen molar-refractivity contribution in [3.63, 3.8) is 0 Å². The molecule has 9 heteroatoms. The molecule has 3 N–H and O–H groups in total. The third-order valence-corrected chi connectivity index (χ3v) is 6.88. The van der Waals surface area contributed by atoms with Crippen LogP contribution in [0.1, 0.15) is 29.8 Å². The summed E-state index contributed by atoms with van der Waals surface area (Å²) in [5, 5.41) is 13.0. The van der Waals surface area contributed by atoms with E-state index in [2.05, 4.69) is 25.8 Å². The SMILES string of the molecule is CSc1nc2ccccc2n1Cc1ccc(C(=O)N[C@@H]2CN(C(C)C)C[C@@H]2C(=O)NO)cc1. The molecule has 1 aliphatic rings. The number of thioether (sulfide) groups is 1. The number of carbonyl (C=O) groups excluding carboxylic acids is 2. The van der Waals surface area contributed by atoms with Crippen molar-refractivity contribution in [1.82, 2.24) is 25.2 Å². The second-order valence-corrected chi connectivity index (χ2v) is 9.35. The highest BCUT2D eigenvalue weighted by molar-refractivity contribution is 7.98. The third-order valence-electron chi connectivity index (χ3n) is 6.20. The van der Waals surface area contributed by atoms with Crippen molar-refractivity contribution in [2.24, 2.45) is 5.92 Å². The van der Waals surface area contributed by atoms with Gasteiger partial charge in [0.15, 0.2) is 5.16 Å². The van der Waals surface area contributed by atoms with E-state index >= 15 is 0 Å². The molecule has 1 aromatic heterocycles. The molecule has 2 heterocycles. The van der Waals surface area contributed by atoms with Gasteiger partial charge in [0.05, 0.1) is 29.5 Å². The number of benzene rings is 2. The second-order valence-electron chi connectivity index (χ2n) is 8.58.